The van der Waals surface area contributed by atoms with Gasteiger partial charge in [0, 0.05) is 18.0 Å². The molecular weight excluding hydrogens is 412 g/mol. The molecule has 0 unspecified atom stereocenters. The molecule has 1 aromatic heterocycles. The number of nitrogen functional groups attached to an aromatic ring is 1. The number of rotatable bonds is 9. The number of aromatic amines is 1. The van der Waals surface area contributed by atoms with E-state index < -0.39 is 11.2 Å². The molecule has 1 aromatic carbocycles. The highest BCUT2D eigenvalue weighted by Gasteiger charge is 2.24. The molecule has 0 saturated carbocycles. The molecule has 2 aromatic rings. The Bertz CT molecular complexity index is 1060. The van der Waals surface area contributed by atoms with Gasteiger partial charge in [0.15, 0.2) is 5.69 Å². The van der Waals surface area contributed by atoms with Gasteiger partial charge in [0.05, 0.1) is 5.75 Å². The van der Waals surface area contributed by atoms with Gasteiger partial charge in [-0.15, -0.1) is 11.8 Å². The molecule has 0 saturated heterocycles. The summed E-state index contributed by atoms with van der Waals surface area (Å²) in [6, 6.07) is 6.37. The van der Waals surface area contributed by atoms with Crippen molar-refractivity contribution in [3.63, 3.8) is 0 Å². The molecule has 0 aliphatic heterocycles. The fraction of sp³-hybridized carbons (Fsp3) is 0.522. The number of thioether (sulfide) groups is 1. The lowest BCUT2D eigenvalue weighted by Crippen LogP contribution is -2.42. The summed E-state index contributed by atoms with van der Waals surface area (Å²) < 4.78 is 1.35. The smallest absolute Gasteiger partial charge is 0.330 e. The second-order valence-corrected chi connectivity index (χ2v) is 9.52. The summed E-state index contributed by atoms with van der Waals surface area (Å²) in [6.45, 7) is 6.70. The van der Waals surface area contributed by atoms with Crippen LogP contribution in [0.3, 0.4) is 0 Å². The first kappa shape index (κ1) is 23.2. The molecular formula is C23H32N4O3S. The largest absolute Gasteiger partial charge is 0.383 e. The molecule has 0 bridgehead atoms. The Morgan fingerprint density at radius 3 is 2.71 bits per heavy atom. The molecule has 1 aliphatic carbocycles. The second kappa shape index (κ2) is 10.2. The van der Waals surface area contributed by atoms with Crippen LogP contribution in [0.25, 0.3) is 0 Å². The normalized spacial score (nSPS) is 12.9. The third-order valence-corrected chi connectivity index (χ3v) is 6.48. The van der Waals surface area contributed by atoms with Crippen molar-refractivity contribution in [1.29, 1.82) is 0 Å². The van der Waals surface area contributed by atoms with E-state index in [1.54, 1.807) is 0 Å². The van der Waals surface area contributed by atoms with E-state index in [0.717, 1.165) is 30.6 Å². The van der Waals surface area contributed by atoms with Crippen LogP contribution in [0.5, 0.6) is 0 Å². The van der Waals surface area contributed by atoms with E-state index in [9.17, 15) is 14.4 Å². The Labute approximate surface area is 187 Å². The van der Waals surface area contributed by atoms with Crippen molar-refractivity contribution in [1.82, 2.24) is 9.55 Å². The minimum absolute atomic E-state index is 0.0504. The zero-order valence-electron chi connectivity index (χ0n) is 18.6. The molecule has 0 fully saturated rings. The third-order valence-electron chi connectivity index (χ3n) is 5.50. The molecule has 7 nitrogen and oxygen atoms in total. The number of nitrogens with two attached hydrogens (primary N) is 1. The predicted octanol–water partition coefficient (Wildman–Crippen LogP) is 3.19. The van der Waals surface area contributed by atoms with Crippen molar-refractivity contribution in [3.8, 4) is 0 Å². The van der Waals surface area contributed by atoms with Crippen LogP contribution in [0.1, 0.15) is 51.2 Å². The van der Waals surface area contributed by atoms with Gasteiger partial charge < -0.3 is 10.6 Å². The SMILES string of the molecule is CCCCN(C(=O)CSc1ccc2c(c1)CCC2)c1c(N)n(CC(C)C)c(=O)[nH]c1=O. The van der Waals surface area contributed by atoms with E-state index in [0.29, 0.717) is 13.1 Å². The van der Waals surface area contributed by atoms with E-state index >= 15 is 0 Å². The molecule has 31 heavy (non-hydrogen) atoms. The number of benzene rings is 1. The average Bonchev–Trinajstić information content (AvgIpc) is 3.19. The number of carbonyl (C=O) groups excluding carboxylic acids is 1. The number of hydrogen-bond donors (Lipinski definition) is 2. The summed E-state index contributed by atoms with van der Waals surface area (Å²) in [5, 5.41) is 0. The van der Waals surface area contributed by atoms with E-state index in [-0.39, 0.29) is 29.1 Å². The molecule has 3 N–H and O–H groups in total. The number of amides is 1. The Hall–Kier alpha value is -2.48. The van der Waals surface area contributed by atoms with Gasteiger partial charge in [0.1, 0.15) is 5.82 Å². The molecule has 0 spiro atoms. The molecule has 1 aliphatic rings. The highest BCUT2D eigenvalue weighted by molar-refractivity contribution is 8.00. The monoisotopic (exact) mass is 444 g/mol. The average molecular weight is 445 g/mol. The number of aromatic nitrogens is 2. The lowest BCUT2D eigenvalue weighted by atomic mass is 10.1. The van der Waals surface area contributed by atoms with Crippen molar-refractivity contribution in [2.45, 2.75) is 64.3 Å². The van der Waals surface area contributed by atoms with E-state index in [1.807, 2.05) is 20.8 Å². The third kappa shape index (κ3) is 5.42. The van der Waals surface area contributed by atoms with Gasteiger partial charge in [-0.05, 0) is 54.9 Å². The second-order valence-electron chi connectivity index (χ2n) is 8.47. The van der Waals surface area contributed by atoms with Crippen LogP contribution >= 0.6 is 11.8 Å². The number of nitrogens with zero attached hydrogens (tertiary/aromatic N) is 2. The van der Waals surface area contributed by atoms with Gasteiger partial charge in [-0.25, -0.2) is 4.79 Å². The van der Waals surface area contributed by atoms with Crippen LogP contribution < -0.4 is 21.9 Å². The molecule has 1 amide bonds. The van der Waals surface area contributed by atoms with Crippen LogP contribution in [0.4, 0.5) is 11.5 Å². The van der Waals surface area contributed by atoms with Crippen molar-refractivity contribution in [3.05, 3.63) is 50.2 Å². The fourth-order valence-corrected chi connectivity index (χ4v) is 4.76. The molecule has 3 rings (SSSR count). The van der Waals surface area contributed by atoms with Gasteiger partial charge in [-0.1, -0.05) is 33.3 Å². The van der Waals surface area contributed by atoms with Gasteiger partial charge in [-0.2, -0.15) is 0 Å². The van der Waals surface area contributed by atoms with Crippen LogP contribution in [0.15, 0.2) is 32.7 Å². The number of carbonyl (C=O) groups is 1. The predicted molar refractivity (Wildman–Crippen MR) is 127 cm³/mol. The van der Waals surface area contributed by atoms with Crippen LogP contribution in [0.2, 0.25) is 0 Å². The minimum Gasteiger partial charge on any atom is -0.383 e. The van der Waals surface area contributed by atoms with Gasteiger partial charge in [-0.3, -0.25) is 19.1 Å². The zero-order valence-corrected chi connectivity index (χ0v) is 19.4. The maximum atomic E-state index is 13.2. The number of nitrogens with one attached hydrogen (secondary N) is 1. The van der Waals surface area contributed by atoms with Crippen LogP contribution in [-0.4, -0.2) is 27.8 Å². The Morgan fingerprint density at radius 2 is 2.00 bits per heavy atom. The summed E-state index contributed by atoms with van der Waals surface area (Å²) >= 11 is 1.47. The quantitative estimate of drug-likeness (QED) is 0.579. The maximum absolute atomic E-state index is 13.2. The number of fused-ring (bicyclic) bond motifs is 1. The van der Waals surface area contributed by atoms with Gasteiger partial charge >= 0.3 is 5.69 Å². The van der Waals surface area contributed by atoms with Gasteiger partial charge in [0.25, 0.3) is 5.56 Å². The van der Waals surface area contributed by atoms with Gasteiger partial charge in [0.2, 0.25) is 5.91 Å². The molecule has 0 radical (unpaired) electrons. The van der Waals surface area contributed by atoms with Crippen LogP contribution in [0, 0.1) is 5.92 Å². The first-order valence-corrected chi connectivity index (χ1v) is 12.0. The van der Waals surface area contributed by atoms with E-state index in [2.05, 4.69) is 23.2 Å². The number of H-pyrrole nitrogens is 1. The topological polar surface area (TPSA) is 101 Å². The summed E-state index contributed by atoms with van der Waals surface area (Å²) in [4.78, 5) is 43.0. The summed E-state index contributed by atoms with van der Waals surface area (Å²) in [6.07, 6.45) is 4.99. The first-order valence-electron chi connectivity index (χ1n) is 11.0. The zero-order chi connectivity index (χ0) is 22.5. The fourth-order valence-electron chi connectivity index (χ4n) is 3.92. The number of aryl methyl sites for hydroxylation is 2. The molecule has 1 heterocycles. The maximum Gasteiger partial charge on any atom is 0.330 e. The number of unbranched alkanes of at least 4 members (excludes halogenated alkanes) is 1. The first-order chi connectivity index (χ1) is 14.8. The van der Waals surface area contributed by atoms with Crippen molar-refractivity contribution in [2.75, 3.05) is 22.9 Å². The minimum atomic E-state index is -0.616. The van der Waals surface area contributed by atoms with E-state index in [1.165, 1.54) is 38.8 Å². The van der Waals surface area contributed by atoms with E-state index in [4.69, 9.17) is 5.73 Å². The Balaban J connectivity index is 1.86. The van der Waals surface area contributed by atoms with Crippen molar-refractivity contribution >= 4 is 29.2 Å². The number of hydrogen-bond acceptors (Lipinski definition) is 5. The molecule has 8 heteroatoms. The summed E-state index contributed by atoms with van der Waals surface area (Å²) in [7, 11) is 0. The lowest BCUT2D eigenvalue weighted by molar-refractivity contribution is -0.116. The van der Waals surface area contributed by atoms with Crippen molar-refractivity contribution < 1.29 is 4.79 Å². The lowest BCUT2D eigenvalue weighted by Gasteiger charge is -2.25. The number of anilines is 2. The Morgan fingerprint density at radius 1 is 1.26 bits per heavy atom. The standard InChI is InChI=1S/C23H32N4O3S/c1-4-5-11-26(20-21(24)27(13-15(2)3)23(30)25-22(20)29)19(28)14-31-18-10-9-16-7-6-8-17(16)12-18/h9-10,12,15H,4-8,11,13-14,24H2,1-3H3,(H,25,29,30). The molecule has 168 valence electrons. The Kier molecular flexibility index (Phi) is 7.64. The summed E-state index contributed by atoms with van der Waals surface area (Å²) in [5.41, 5.74) is 7.93. The highest BCUT2D eigenvalue weighted by atomic mass is 32.2. The van der Waals surface area contributed by atoms with Crippen molar-refractivity contribution in [2.24, 2.45) is 5.92 Å². The summed E-state index contributed by atoms with van der Waals surface area (Å²) in [5.74, 6) is 0.222. The molecule has 0 atom stereocenters. The van der Waals surface area contributed by atoms with Crippen LogP contribution in [-0.2, 0) is 24.2 Å². The highest BCUT2D eigenvalue weighted by Crippen LogP contribution is 2.28.